The van der Waals surface area contributed by atoms with E-state index in [1.165, 1.54) is 16.9 Å². The molecule has 3 nitrogen and oxygen atoms in total. The third kappa shape index (κ3) is 1.63. The zero-order valence-corrected chi connectivity index (χ0v) is 10.7. The van der Waals surface area contributed by atoms with Crippen LogP contribution in [0.5, 0.6) is 0 Å². The lowest BCUT2D eigenvalue weighted by molar-refractivity contribution is 0.569. The van der Waals surface area contributed by atoms with Gasteiger partial charge in [-0.1, -0.05) is 13.8 Å². The second kappa shape index (κ2) is 3.73. The maximum Gasteiger partial charge on any atom is 0.0451 e. The van der Waals surface area contributed by atoms with Crippen molar-refractivity contribution in [3.63, 3.8) is 0 Å². The molecule has 18 heavy (non-hydrogen) atoms. The quantitative estimate of drug-likeness (QED) is 0.777. The Morgan fingerprint density at radius 2 is 1.89 bits per heavy atom. The molecule has 3 heteroatoms. The predicted molar refractivity (Wildman–Crippen MR) is 75.1 cm³/mol. The van der Waals surface area contributed by atoms with E-state index in [1.807, 2.05) is 30.6 Å². The predicted octanol–water partition coefficient (Wildman–Crippen LogP) is 3.09. The van der Waals surface area contributed by atoms with Gasteiger partial charge in [-0.05, 0) is 35.9 Å². The molecule has 0 bridgehead atoms. The number of aromatic nitrogens is 1. The van der Waals surface area contributed by atoms with Gasteiger partial charge in [0.1, 0.15) is 0 Å². The Hall–Kier alpha value is -2.03. The van der Waals surface area contributed by atoms with Crippen LogP contribution >= 0.6 is 0 Å². The fourth-order valence-corrected chi connectivity index (χ4v) is 2.65. The number of benzene rings is 1. The molecule has 0 atom stereocenters. The molecule has 0 amide bonds. The third-order valence-electron chi connectivity index (χ3n) is 3.57. The lowest BCUT2D eigenvalue weighted by atomic mass is 9.87. The highest BCUT2D eigenvalue weighted by molar-refractivity contribution is 5.74. The summed E-state index contributed by atoms with van der Waals surface area (Å²) in [5.41, 5.74) is 10.6. The molecule has 0 spiro atoms. The van der Waals surface area contributed by atoms with Gasteiger partial charge in [0.2, 0.25) is 0 Å². The number of anilines is 3. The zero-order valence-electron chi connectivity index (χ0n) is 10.7. The van der Waals surface area contributed by atoms with Crippen molar-refractivity contribution in [1.82, 2.24) is 4.98 Å². The summed E-state index contributed by atoms with van der Waals surface area (Å²) in [7, 11) is 0. The number of rotatable bonds is 1. The van der Waals surface area contributed by atoms with Crippen molar-refractivity contribution in [3.05, 3.63) is 48.3 Å². The van der Waals surface area contributed by atoms with Crippen LogP contribution in [0.3, 0.4) is 0 Å². The molecule has 0 saturated heterocycles. The number of nitrogens with zero attached hydrogens (tertiary/aromatic N) is 2. The van der Waals surface area contributed by atoms with Crippen LogP contribution in [-0.2, 0) is 5.41 Å². The van der Waals surface area contributed by atoms with Crippen molar-refractivity contribution in [2.45, 2.75) is 19.3 Å². The van der Waals surface area contributed by atoms with Gasteiger partial charge in [0, 0.05) is 41.4 Å². The lowest BCUT2D eigenvalue weighted by Crippen LogP contribution is -2.24. The number of fused-ring (bicyclic) bond motifs is 1. The Balaban J connectivity index is 2.13. The zero-order chi connectivity index (χ0) is 12.8. The number of hydrogen-bond acceptors (Lipinski definition) is 3. The second-order valence-electron chi connectivity index (χ2n) is 5.45. The summed E-state index contributed by atoms with van der Waals surface area (Å²) in [6.45, 7) is 5.48. The minimum atomic E-state index is 0.119. The highest BCUT2D eigenvalue weighted by atomic mass is 15.2. The summed E-state index contributed by atoms with van der Waals surface area (Å²) in [6.07, 6.45) is 3.66. The van der Waals surface area contributed by atoms with E-state index in [4.69, 9.17) is 5.73 Å². The fourth-order valence-electron chi connectivity index (χ4n) is 2.65. The molecule has 1 aromatic carbocycles. The van der Waals surface area contributed by atoms with E-state index in [2.05, 4.69) is 35.9 Å². The molecule has 0 saturated carbocycles. The Kier molecular flexibility index (Phi) is 2.30. The van der Waals surface area contributed by atoms with Crippen LogP contribution in [0.1, 0.15) is 19.4 Å². The van der Waals surface area contributed by atoms with Crippen LogP contribution in [0.4, 0.5) is 17.1 Å². The van der Waals surface area contributed by atoms with Crippen LogP contribution in [0.15, 0.2) is 42.7 Å². The van der Waals surface area contributed by atoms with Crippen LogP contribution in [0.2, 0.25) is 0 Å². The molecule has 0 aliphatic carbocycles. The summed E-state index contributed by atoms with van der Waals surface area (Å²) in [5.74, 6) is 0. The normalized spacial score (nSPS) is 16.7. The maximum atomic E-state index is 5.91. The van der Waals surface area contributed by atoms with Crippen molar-refractivity contribution in [3.8, 4) is 0 Å². The van der Waals surface area contributed by atoms with Gasteiger partial charge < -0.3 is 10.6 Å². The molecule has 1 aromatic heterocycles. The minimum absolute atomic E-state index is 0.119. The average molecular weight is 239 g/mol. The molecular formula is C15H17N3. The first-order chi connectivity index (χ1) is 8.58. The number of nitrogens with two attached hydrogens (primary N) is 1. The molecular weight excluding hydrogens is 222 g/mol. The van der Waals surface area contributed by atoms with E-state index < -0.39 is 0 Å². The van der Waals surface area contributed by atoms with Crippen molar-refractivity contribution < 1.29 is 0 Å². The van der Waals surface area contributed by atoms with Gasteiger partial charge in [0.15, 0.2) is 0 Å². The van der Waals surface area contributed by atoms with Crippen molar-refractivity contribution in [1.29, 1.82) is 0 Å². The van der Waals surface area contributed by atoms with Crippen LogP contribution in [0, 0.1) is 0 Å². The summed E-state index contributed by atoms with van der Waals surface area (Å²) in [6, 6.07) is 10.3. The molecule has 0 unspecified atom stereocenters. The molecule has 1 aliphatic heterocycles. The van der Waals surface area contributed by atoms with E-state index in [0.717, 1.165) is 12.2 Å². The van der Waals surface area contributed by atoms with Gasteiger partial charge in [-0.25, -0.2) is 0 Å². The molecule has 2 aromatic rings. The van der Waals surface area contributed by atoms with Gasteiger partial charge in [-0.15, -0.1) is 0 Å². The van der Waals surface area contributed by atoms with Gasteiger partial charge >= 0.3 is 0 Å². The Morgan fingerprint density at radius 1 is 1.17 bits per heavy atom. The second-order valence-corrected chi connectivity index (χ2v) is 5.45. The maximum absolute atomic E-state index is 5.91. The smallest absolute Gasteiger partial charge is 0.0451 e. The largest absolute Gasteiger partial charge is 0.399 e. The van der Waals surface area contributed by atoms with E-state index in [1.54, 1.807) is 0 Å². The van der Waals surface area contributed by atoms with E-state index >= 15 is 0 Å². The fraction of sp³-hybridized carbons (Fsp3) is 0.267. The highest BCUT2D eigenvalue weighted by Crippen LogP contribution is 2.44. The van der Waals surface area contributed by atoms with Crippen molar-refractivity contribution in [2.24, 2.45) is 0 Å². The monoisotopic (exact) mass is 239 g/mol. The van der Waals surface area contributed by atoms with E-state index in [-0.39, 0.29) is 5.41 Å². The number of hydrogen-bond donors (Lipinski definition) is 1. The lowest BCUT2D eigenvalue weighted by Gasteiger charge is -2.22. The van der Waals surface area contributed by atoms with Crippen molar-refractivity contribution >= 4 is 17.1 Å². The summed E-state index contributed by atoms with van der Waals surface area (Å²) in [4.78, 5) is 6.41. The third-order valence-corrected chi connectivity index (χ3v) is 3.57. The summed E-state index contributed by atoms with van der Waals surface area (Å²) < 4.78 is 0. The molecule has 1 aliphatic rings. The topological polar surface area (TPSA) is 42.2 Å². The van der Waals surface area contributed by atoms with Gasteiger partial charge in [0.25, 0.3) is 0 Å². The standard InChI is InChI=1S/C15H17N3/c1-15(2)10-18(12-5-7-17-8-6-12)14-4-3-11(16)9-13(14)15/h3-9H,10,16H2,1-2H3. The summed E-state index contributed by atoms with van der Waals surface area (Å²) >= 11 is 0. The van der Waals surface area contributed by atoms with Gasteiger partial charge in [0.05, 0.1) is 0 Å². The molecule has 2 N–H and O–H groups in total. The van der Waals surface area contributed by atoms with Crippen LogP contribution < -0.4 is 10.6 Å². The first-order valence-electron chi connectivity index (χ1n) is 6.15. The Labute approximate surface area is 107 Å². The first kappa shape index (κ1) is 11.1. The van der Waals surface area contributed by atoms with Crippen LogP contribution in [0.25, 0.3) is 0 Å². The molecule has 3 rings (SSSR count). The molecule has 2 heterocycles. The molecule has 0 radical (unpaired) electrons. The Bertz CT molecular complexity index is 576. The SMILES string of the molecule is CC1(C)CN(c2ccncc2)c2ccc(N)cc21. The highest BCUT2D eigenvalue weighted by Gasteiger charge is 2.35. The van der Waals surface area contributed by atoms with E-state index in [0.29, 0.717) is 0 Å². The van der Waals surface area contributed by atoms with Gasteiger partial charge in [-0.2, -0.15) is 0 Å². The first-order valence-corrected chi connectivity index (χ1v) is 6.15. The van der Waals surface area contributed by atoms with Crippen molar-refractivity contribution in [2.75, 3.05) is 17.2 Å². The van der Waals surface area contributed by atoms with E-state index in [9.17, 15) is 0 Å². The minimum Gasteiger partial charge on any atom is -0.399 e. The summed E-state index contributed by atoms with van der Waals surface area (Å²) in [5, 5.41) is 0. The Morgan fingerprint density at radius 3 is 2.61 bits per heavy atom. The van der Waals surface area contributed by atoms with Crippen LogP contribution in [-0.4, -0.2) is 11.5 Å². The van der Waals surface area contributed by atoms with Gasteiger partial charge in [-0.3, -0.25) is 4.98 Å². The number of pyridine rings is 1. The molecule has 0 fully saturated rings. The number of nitrogen functional groups attached to an aromatic ring is 1. The molecule has 92 valence electrons. The average Bonchev–Trinajstić information content (AvgIpc) is 2.63.